The Hall–Kier alpha value is -3.52. The molecule has 8 heteroatoms. The summed E-state index contributed by atoms with van der Waals surface area (Å²) in [4.78, 5) is 13.0. The summed E-state index contributed by atoms with van der Waals surface area (Å²) in [5.74, 6) is 0.767. The molecule has 2 N–H and O–H groups in total. The van der Waals surface area contributed by atoms with Gasteiger partial charge in [0.05, 0.1) is 23.6 Å². The largest absolute Gasteiger partial charge is 0.490 e. The van der Waals surface area contributed by atoms with Crippen LogP contribution in [0.2, 0.25) is 0 Å². The Labute approximate surface area is 199 Å². The summed E-state index contributed by atoms with van der Waals surface area (Å²) in [6, 6.07) is 21.0. The van der Waals surface area contributed by atoms with Gasteiger partial charge in [-0.2, -0.15) is 0 Å². The number of hydrogen-bond donors (Lipinski definition) is 2. The van der Waals surface area contributed by atoms with E-state index in [-0.39, 0.29) is 16.3 Å². The molecule has 1 fully saturated rings. The number of nitrogens with one attached hydrogen (secondary N) is 2. The van der Waals surface area contributed by atoms with Gasteiger partial charge < -0.3 is 14.8 Å². The summed E-state index contributed by atoms with van der Waals surface area (Å²) in [5, 5.41) is 3.19. The van der Waals surface area contributed by atoms with Gasteiger partial charge in [0.1, 0.15) is 0 Å². The highest BCUT2D eigenvalue weighted by atomic mass is 32.2. The maximum absolute atomic E-state index is 12.9. The highest BCUT2D eigenvalue weighted by Crippen LogP contribution is 2.41. The Kier molecular flexibility index (Phi) is 5.91. The van der Waals surface area contributed by atoms with Crippen LogP contribution >= 0.6 is 0 Å². The van der Waals surface area contributed by atoms with Crippen LogP contribution in [0.5, 0.6) is 11.5 Å². The third kappa shape index (κ3) is 4.46. The Balaban J connectivity index is 1.29. The lowest BCUT2D eigenvalue weighted by atomic mass is 9.71. The third-order valence-corrected chi connectivity index (χ3v) is 7.69. The molecule has 1 aliphatic heterocycles. The van der Waals surface area contributed by atoms with Crippen LogP contribution in [0.25, 0.3) is 0 Å². The smallest absolute Gasteiger partial charge is 0.262 e. The van der Waals surface area contributed by atoms with Crippen LogP contribution in [-0.4, -0.2) is 27.5 Å². The topological polar surface area (TPSA) is 93.7 Å². The van der Waals surface area contributed by atoms with Gasteiger partial charge in [-0.3, -0.25) is 9.52 Å². The molecule has 7 nitrogen and oxygen atoms in total. The first-order chi connectivity index (χ1) is 16.5. The first-order valence-corrected chi connectivity index (χ1v) is 12.8. The Morgan fingerprint density at radius 2 is 1.53 bits per heavy atom. The summed E-state index contributed by atoms with van der Waals surface area (Å²) >= 11 is 0. The molecule has 1 saturated carbocycles. The molecule has 0 unspecified atom stereocenters. The maximum Gasteiger partial charge on any atom is 0.262 e. The molecular formula is C26H26N2O5S. The highest BCUT2D eigenvalue weighted by molar-refractivity contribution is 7.92. The first-order valence-electron chi connectivity index (χ1n) is 11.4. The van der Waals surface area contributed by atoms with Crippen LogP contribution in [0.4, 0.5) is 5.69 Å². The van der Waals surface area contributed by atoms with E-state index in [1.54, 1.807) is 30.3 Å². The molecule has 0 saturated heterocycles. The number of carbonyl (C=O) groups is 1. The van der Waals surface area contributed by atoms with Crippen LogP contribution in [-0.2, 0) is 15.6 Å². The number of fused-ring (bicyclic) bond motifs is 1. The van der Waals surface area contributed by atoms with E-state index in [9.17, 15) is 13.2 Å². The predicted octanol–water partition coefficient (Wildman–Crippen LogP) is 4.46. The highest BCUT2D eigenvalue weighted by Gasteiger charge is 2.40. The summed E-state index contributed by atoms with van der Waals surface area (Å²) in [6.07, 6.45) is 3.60. The molecule has 176 valence electrons. The molecule has 3 aromatic rings. The monoisotopic (exact) mass is 478 g/mol. The van der Waals surface area contributed by atoms with Crippen LogP contribution in [0.1, 0.15) is 41.6 Å². The quantitative estimate of drug-likeness (QED) is 0.546. The fourth-order valence-electron chi connectivity index (χ4n) is 4.28. The zero-order valence-electron chi connectivity index (χ0n) is 18.6. The molecule has 0 spiro atoms. The molecular weight excluding hydrogens is 452 g/mol. The van der Waals surface area contributed by atoms with E-state index in [4.69, 9.17) is 9.47 Å². The van der Waals surface area contributed by atoms with Crippen molar-refractivity contribution in [3.63, 3.8) is 0 Å². The van der Waals surface area contributed by atoms with Crippen molar-refractivity contribution in [3.05, 3.63) is 83.9 Å². The van der Waals surface area contributed by atoms with Crippen molar-refractivity contribution in [1.82, 2.24) is 5.32 Å². The molecule has 1 heterocycles. The third-order valence-electron chi connectivity index (χ3n) is 6.31. The minimum atomic E-state index is -3.84. The second-order valence-corrected chi connectivity index (χ2v) is 10.3. The minimum absolute atomic E-state index is 0.0772. The predicted molar refractivity (Wildman–Crippen MR) is 129 cm³/mol. The molecule has 0 radical (unpaired) electrons. The SMILES string of the molecule is O=C(NC1(c2ccccc2)CCC1)c1ccc(NS(=O)(=O)c2ccc3c(c2)OCCCO3)cc1. The zero-order valence-corrected chi connectivity index (χ0v) is 19.4. The number of amides is 1. The summed E-state index contributed by atoms with van der Waals surface area (Å²) < 4.78 is 39.5. The summed E-state index contributed by atoms with van der Waals surface area (Å²) in [5.41, 5.74) is 1.61. The normalized spacial score (nSPS) is 16.6. The number of rotatable bonds is 6. The van der Waals surface area contributed by atoms with Crippen LogP contribution in [0.3, 0.4) is 0 Å². The number of ether oxygens (including phenoxy) is 2. The molecule has 5 rings (SSSR count). The zero-order chi connectivity index (χ0) is 23.6. The minimum Gasteiger partial charge on any atom is -0.490 e. The second kappa shape index (κ2) is 9.02. The van der Waals surface area contributed by atoms with Gasteiger partial charge in [0.2, 0.25) is 0 Å². The summed E-state index contributed by atoms with van der Waals surface area (Å²) in [7, 11) is -3.84. The van der Waals surface area contributed by atoms with E-state index in [1.807, 2.05) is 30.3 Å². The van der Waals surface area contributed by atoms with Gasteiger partial charge in [-0.1, -0.05) is 30.3 Å². The lowest BCUT2D eigenvalue weighted by Crippen LogP contribution is -2.50. The molecule has 0 aromatic heterocycles. The van der Waals surface area contributed by atoms with E-state index < -0.39 is 10.0 Å². The number of sulfonamides is 1. The molecule has 3 aromatic carbocycles. The standard InChI is InChI=1S/C26H26N2O5S/c29-25(27-26(14-4-15-26)20-6-2-1-3-7-20)19-8-10-21(11-9-19)28-34(30,31)22-12-13-23-24(18-22)33-17-5-16-32-23/h1-3,6-13,18,28H,4-5,14-17H2,(H,27,29). The van der Waals surface area contributed by atoms with Gasteiger partial charge in [0.25, 0.3) is 15.9 Å². The van der Waals surface area contributed by atoms with Gasteiger partial charge in [0.15, 0.2) is 11.5 Å². The fourth-order valence-corrected chi connectivity index (χ4v) is 5.35. The first kappa shape index (κ1) is 22.3. The van der Waals surface area contributed by atoms with Crippen molar-refractivity contribution in [1.29, 1.82) is 0 Å². The average Bonchev–Trinajstić information content (AvgIpc) is 3.07. The van der Waals surface area contributed by atoms with Crippen LogP contribution in [0.15, 0.2) is 77.7 Å². The van der Waals surface area contributed by atoms with E-state index in [2.05, 4.69) is 10.0 Å². The number of anilines is 1. The molecule has 0 atom stereocenters. The lowest BCUT2D eigenvalue weighted by Gasteiger charge is -2.43. The van der Waals surface area contributed by atoms with Gasteiger partial charge in [0, 0.05) is 23.7 Å². The van der Waals surface area contributed by atoms with Gasteiger partial charge >= 0.3 is 0 Å². The lowest BCUT2D eigenvalue weighted by molar-refractivity contribution is 0.0823. The Morgan fingerprint density at radius 3 is 2.21 bits per heavy atom. The molecule has 1 amide bonds. The van der Waals surface area contributed by atoms with E-state index in [0.29, 0.717) is 36.0 Å². The van der Waals surface area contributed by atoms with E-state index in [1.165, 1.54) is 12.1 Å². The molecule has 34 heavy (non-hydrogen) atoms. The summed E-state index contributed by atoms with van der Waals surface area (Å²) in [6.45, 7) is 1.00. The molecule has 1 aliphatic carbocycles. The molecule has 0 bridgehead atoms. The van der Waals surface area contributed by atoms with Crippen LogP contribution < -0.4 is 19.5 Å². The van der Waals surface area contributed by atoms with Crippen molar-refractivity contribution in [3.8, 4) is 11.5 Å². The van der Waals surface area contributed by atoms with Crippen molar-refractivity contribution < 1.29 is 22.7 Å². The number of benzene rings is 3. The van der Waals surface area contributed by atoms with E-state index >= 15 is 0 Å². The van der Waals surface area contributed by atoms with Crippen molar-refractivity contribution in [2.45, 2.75) is 36.1 Å². The number of carbonyl (C=O) groups excluding carboxylic acids is 1. The second-order valence-electron chi connectivity index (χ2n) is 8.60. The van der Waals surface area contributed by atoms with Crippen LogP contribution in [0, 0.1) is 0 Å². The Bertz CT molecular complexity index is 1290. The fraction of sp³-hybridized carbons (Fsp3) is 0.269. The average molecular weight is 479 g/mol. The van der Waals surface area contributed by atoms with Gasteiger partial charge in [-0.25, -0.2) is 8.42 Å². The maximum atomic E-state index is 12.9. The van der Waals surface area contributed by atoms with E-state index in [0.717, 1.165) is 31.2 Å². The van der Waals surface area contributed by atoms with Gasteiger partial charge in [-0.15, -0.1) is 0 Å². The van der Waals surface area contributed by atoms with Crippen molar-refractivity contribution in [2.75, 3.05) is 17.9 Å². The van der Waals surface area contributed by atoms with Gasteiger partial charge in [-0.05, 0) is 61.2 Å². The van der Waals surface area contributed by atoms with Crippen molar-refractivity contribution in [2.24, 2.45) is 0 Å². The van der Waals surface area contributed by atoms with Crippen molar-refractivity contribution >= 4 is 21.6 Å². The molecule has 2 aliphatic rings. The Morgan fingerprint density at radius 1 is 0.824 bits per heavy atom. The number of hydrogen-bond acceptors (Lipinski definition) is 5.